The van der Waals surface area contributed by atoms with Gasteiger partial charge in [0.15, 0.2) is 0 Å². The molecule has 11 heteroatoms. The molecule has 0 spiro atoms. The summed E-state index contributed by atoms with van der Waals surface area (Å²) in [6.07, 6.45) is 5.44. The minimum atomic E-state index is -0.250. The third-order valence-electron chi connectivity index (χ3n) is 4.58. The lowest BCUT2D eigenvalue weighted by atomic mass is 10.2. The second-order valence-electron chi connectivity index (χ2n) is 6.47. The number of carbonyl (C=O) groups is 2. The molecule has 0 saturated carbocycles. The molecule has 4 heterocycles. The monoisotopic (exact) mass is 411 g/mol. The quantitative estimate of drug-likeness (QED) is 0.601. The highest BCUT2D eigenvalue weighted by atomic mass is 16.3. The summed E-state index contributed by atoms with van der Waals surface area (Å²) in [6.45, 7) is 3.31. The van der Waals surface area contributed by atoms with Crippen molar-refractivity contribution in [3.8, 4) is 0 Å². The number of fused-ring (bicyclic) bond motifs is 1. The highest BCUT2D eigenvalue weighted by Gasteiger charge is 2.24. The van der Waals surface area contributed by atoms with E-state index in [0.717, 1.165) is 12.1 Å². The second kappa shape index (κ2) is 9.54. The first-order valence-electron chi connectivity index (χ1n) is 9.29. The normalized spacial score (nSPS) is 12.5. The molecule has 0 aromatic carbocycles. The predicted molar refractivity (Wildman–Crippen MR) is 105 cm³/mol. The summed E-state index contributed by atoms with van der Waals surface area (Å²) in [5.74, 6) is 0.475. The fourth-order valence-corrected chi connectivity index (χ4v) is 3.11. The lowest BCUT2D eigenvalue weighted by Crippen LogP contribution is -2.43. The maximum atomic E-state index is 12.8. The van der Waals surface area contributed by atoms with Gasteiger partial charge in [0.1, 0.15) is 18.5 Å². The van der Waals surface area contributed by atoms with E-state index in [0.29, 0.717) is 36.7 Å². The molecule has 0 unspecified atom stereocenters. The maximum absolute atomic E-state index is 12.8. The second-order valence-corrected chi connectivity index (χ2v) is 6.47. The van der Waals surface area contributed by atoms with Gasteiger partial charge in [-0.2, -0.15) is 5.10 Å². The van der Waals surface area contributed by atoms with Gasteiger partial charge in [-0.05, 0) is 18.6 Å². The van der Waals surface area contributed by atoms with Gasteiger partial charge in [-0.1, -0.05) is 6.92 Å². The van der Waals surface area contributed by atoms with Crippen LogP contribution in [0.5, 0.6) is 0 Å². The van der Waals surface area contributed by atoms with E-state index in [1.807, 2.05) is 13.0 Å². The van der Waals surface area contributed by atoms with E-state index in [1.165, 1.54) is 12.4 Å². The summed E-state index contributed by atoms with van der Waals surface area (Å²) >= 11 is 0. The van der Waals surface area contributed by atoms with Crippen molar-refractivity contribution in [3.63, 3.8) is 0 Å². The number of rotatable bonds is 4. The van der Waals surface area contributed by atoms with Crippen LogP contribution < -0.4 is 5.56 Å². The van der Waals surface area contributed by atoms with Crippen LogP contribution in [0.4, 0.5) is 0 Å². The zero-order chi connectivity index (χ0) is 21.5. The van der Waals surface area contributed by atoms with E-state index in [-0.39, 0.29) is 24.5 Å². The number of aryl methyl sites for hydroxylation is 1. The van der Waals surface area contributed by atoms with Crippen molar-refractivity contribution in [2.75, 3.05) is 6.54 Å². The van der Waals surface area contributed by atoms with Crippen molar-refractivity contribution in [2.24, 2.45) is 0 Å². The van der Waals surface area contributed by atoms with Crippen LogP contribution >= 0.6 is 0 Å². The Balaban J connectivity index is 0.000000806. The summed E-state index contributed by atoms with van der Waals surface area (Å²) in [5, 5.41) is 10.9. The lowest BCUT2D eigenvalue weighted by Gasteiger charge is -2.29. The molecule has 3 aromatic rings. The number of aromatic nitrogens is 6. The van der Waals surface area contributed by atoms with Crippen molar-refractivity contribution < 1.29 is 14.7 Å². The number of nitrogens with zero attached hydrogens (tertiary/aromatic N) is 7. The Morgan fingerprint density at radius 1 is 1.27 bits per heavy atom. The van der Waals surface area contributed by atoms with Crippen molar-refractivity contribution in [3.05, 3.63) is 70.2 Å². The smallest absolute Gasteiger partial charge is 0.290 e. The van der Waals surface area contributed by atoms with Gasteiger partial charge in [0, 0.05) is 31.0 Å². The molecule has 4 rings (SSSR count). The van der Waals surface area contributed by atoms with Gasteiger partial charge in [-0.3, -0.25) is 23.9 Å². The molecule has 30 heavy (non-hydrogen) atoms. The molecule has 1 aliphatic heterocycles. The average Bonchev–Trinajstić information content (AvgIpc) is 3.26. The van der Waals surface area contributed by atoms with Gasteiger partial charge in [0.05, 0.1) is 24.3 Å². The average molecular weight is 411 g/mol. The Labute approximate surface area is 171 Å². The van der Waals surface area contributed by atoms with Crippen LogP contribution in [-0.2, 0) is 30.8 Å². The van der Waals surface area contributed by atoms with Crippen LogP contribution in [-0.4, -0.2) is 58.2 Å². The van der Waals surface area contributed by atoms with Crippen LogP contribution in [0.2, 0.25) is 0 Å². The molecule has 1 N–H and O–H groups in total. The number of amides is 1. The predicted octanol–water partition coefficient (Wildman–Crippen LogP) is 0.197. The lowest BCUT2D eigenvalue weighted by molar-refractivity contribution is -0.122. The van der Waals surface area contributed by atoms with E-state index < -0.39 is 0 Å². The molecular weight excluding hydrogens is 390 g/mol. The van der Waals surface area contributed by atoms with Gasteiger partial charge in [-0.25, -0.2) is 14.6 Å². The Morgan fingerprint density at radius 3 is 2.70 bits per heavy atom. The molecule has 0 radical (unpaired) electrons. The number of carboxylic acid groups (broad SMARTS) is 1. The van der Waals surface area contributed by atoms with Gasteiger partial charge in [-0.15, -0.1) is 0 Å². The molecule has 0 saturated heterocycles. The maximum Gasteiger partial charge on any atom is 0.290 e. The van der Waals surface area contributed by atoms with Crippen LogP contribution in [0.3, 0.4) is 0 Å². The largest absolute Gasteiger partial charge is 0.483 e. The van der Waals surface area contributed by atoms with E-state index in [9.17, 15) is 9.59 Å². The van der Waals surface area contributed by atoms with Crippen molar-refractivity contribution in [1.29, 1.82) is 0 Å². The minimum absolute atomic E-state index is 0.104. The van der Waals surface area contributed by atoms with Crippen LogP contribution in [0.15, 0.2) is 41.8 Å². The summed E-state index contributed by atoms with van der Waals surface area (Å²) < 4.78 is 3.22. The molecular formula is C19H21N7O4. The zero-order valence-electron chi connectivity index (χ0n) is 16.4. The van der Waals surface area contributed by atoms with Gasteiger partial charge >= 0.3 is 0 Å². The number of carbonyl (C=O) groups excluding carboxylic acids is 1. The van der Waals surface area contributed by atoms with Gasteiger partial charge < -0.3 is 10.0 Å². The highest BCUT2D eigenvalue weighted by Crippen LogP contribution is 2.13. The van der Waals surface area contributed by atoms with Crippen molar-refractivity contribution >= 4 is 12.4 Å². The topological polar surface area (TPSA) is 136 Å². The summed E-state index contributed by atoms with van der Waals surface area (Å²) in [4.78, 5) is 48.0. The Hall–Kier alpha value is -3.89. The van der Waals surface area contributed by atoms with Crippen molar-refractivity contribution in [2.45, 2.75) is 33.0 Å². The highest BCUT2D eigenvalue weighted by molar-refractivity contribution is 5.93. The Morgan fingerprint density at radius 2 is 2.07 bits per heavy atom. The first-order valence-corrected chi connectivity index (χ1v) is 9.29. The summed E-state index contributed by atoms with van der Waals surface area (Å²) in [7, 11) is 0. The van der Waals surface area contributed by atoms with Gasteiger partial charge in [0.2, 0.25) is 0 Å². The van der Waals surface area contributed by atoms with E-state index >= 15 is 0 Å². The van der Waals surface area contributed by atoms with E-state index in [2.05, 4.69) is 20.1 Å². The first kappa shape index (κ1) is 20.8. The number of pyridine rings is 1. The standard InChI is InChI=1S/C18H19N7O2.CH2O2/c1-2-14-4-3-13(8-20-14)18(27)23-5-6-25-16(10-23)22-15(7-17(25)26)9-24-12-19-11-21-24;2-1-3/h3-4,7-8,11-12H,2,5-6,9-10H2,1H3;1H,(H,2,3). The molecule has 0 aliphatic carbocycles. The van der Waals surface area contributed by atoms with E-state index in [1.54, 1.807) is 32.7 Å². The molecule has 0 fully saturated rings. The zero-order valence-corrected chi connectivity index (χ0v) is 16.4. The molecule has 0 bridgehead atoms. The SMILES string of the molecule is CCc1ccc(C(=O)N2CCn3c(nc(Cn4cncn4)cc3=O)C2)cn1.O=CO. The first-order chi connectivity index (χ1) is 14.5. The molecule has 1 aliphatic rings. The van der Waals surface area contributed by atoms with Crippen LogP contribution in [0.1, 0.15) is 34.5 Å². The number of hydrogen-bond donors (Lipinski definition) is 1. The van der Waals surface area contributed by atoms with Crippen LogP contribution in [0, 0.1) is 0 Å². The molecule has 11 nitrogen and oxygen atoms in total. The molecule has 1 amide bonds. The van der Waals surface area contributed by atoms with Gasteiger partial charge in [0.25, 0.3) is 17.9 Å². The fraction of sp³-hybridized carbons (Fsp3) is 0.316. The Bertz CT molecular complexity index is 1060. The molecule has 0 atom stereocenters. The van der Waals surface area contributed by atoms with Crippen LogP contribution in [0.25, 0.3) is 0 Å². The fourth-order valence-electron chi connectivity index (χ4n) is 3.11. The third kappa shape index (κ3) is 4.74. The third-order valence-corrected chi connectivity index (χ3v) is 4.58. The summed E-state index contributed by atoms with van der Waals surface area (Å²) in [6, 6.07) is 5.17. The molecule has 3 aromatic heterocycles. The van der Waals surface area contributed by atoms with E-state index in [4.69, 9.17) is 9.90 Å². The minimum Gasteiger partial charge on any atom is -0.483 e. The molecule has 156 valence electrons. The summed E-state index contributed by atoms with van der Waals surface area (Å²) in [5.41, 5.74) is 1.97. The number of hydrogen-bond acceptors (Lipinski definition) is 7. The van der Waals surface area contributed by atoms with Crippen molar-refractivity contribution in [1.82, 2.24) is 34.2 Å². The Kier molecular flexibility index (Phi) is 6.63.